The summed E-state index contributed by atoms with van der Waals surface area (Å²) in [7, 11) is 0. The smallest absolute Gasteiger partial charge is 0.412 e. The molecule has 0 spiro atoms. The molecule has 1 aromatic carbocycles. The molecule has 1 amide bonds. The molecule has 1 aliphatic rings. The van der Waals surface area contributed by atoms with Crippen molar-refractivity contribution in [1.29, 1.82) is 0 Å². The first kappa shape index (κ1) is 21.2. The number of hydrogen-bond acceptors (Lipinski definition) is 8. The molecule has 0 radical (unpaired) electrons. The van der Waals surface area contributed by atoms with Gasteiger partial charge in [0.25, 0.3) is 5.54 Å². The molecule has 0 bridgehead atoms. The van der Waals surface area contributed by atoms with E-state index < -0.39 is 35.6 Å². The highest BCUT2D eigenvalue weighted by molar-refractivity contribution is 6.18. The fraction of sp³-hybridized carbons (Fsp3) is 0.474. The minimum Gasteiger partial charge on any atom is -0.464 e. The monoisotopic (exact) mass is 393 g/mol. The summed E-state index contributed by atoms with van der Waals surface area (Å²) >= 11 is 0. The quantitative estimate of drug-likeness (QED) is 0.282. The highest BCUT2D eigenvalue weighted by atomic mass is 16.6. The third kappa shape index (κ3) is 3.92. The van der Waals surface area contributed by atoms with E-state index in [1.807, 2.05) is 0 Å². The first-order chi connectivity index (χ1) is 13.4. The zero-order valence-electron chi connectivity index (χ0n) is 16.0. The van der Waals surface area contributed by atoms with Crippen molar-refractivity contribution in [2.75, 3.05) is 19.8 Å². The zero-order chi connectivity index (χ0) is 20.7. The largest absolute Gasteiger partial charge is 0.464 e. The van der Waals surface area contributed by atoms with Gasteiger partial charge in [0.05, 0.1) is 19.8 Å². The van der Waals surface area contributed by atoms with Gasteiger partial charge < -0.3 is 18.9 Å². The van der Waals surface area contributed by atoms with Gasteiger partial charge in [0, 0.05) is 0 Å². The minimum absolute atomic E-state index is 0.00394. The van der Waals surface area contributed by atoms with Gasteiger partial charge in [0.1, 0.15) is 6.61 Å². The molecule has 1 aliphatic heterocycles. The Kier molecular flexibility index (Phi) is 6.97. The van der Waals surface area contributed by atoms with E-state index in [2.05, 4.69) is 0 Å². The predicted molar refractivity (Wildman–Crippen MR) is 94.9 cm³/mol. The van der Waals surface area contributed by atoms with Gasteiger partial charge in [-0.25, -0.2) is 19.2 Å². The number of amides is 1. The van der Waals surface area contributed by atoms with Crippen LogP contribution in [0.1, 0.15) is 26.3 Å². The van der Waals surface area contributed by atoms with Crippen molar-refractivity contribution in [2.45, 2.75) is 39.0 Å². The van der Waals surface area contributed by atoms with E-state index in [9.17, 15) is 19.2 Å². The molecular weight excluding hydrogens is 370 g/mol. The molecule has 28 heavy (non-hydrogen) atoms. The SMILES string of the molecule is CCOC(=O)C1N(C(=O)OCc2ccccc2)C1(C(=O)OCC)C(=O)OCC. The Morgan fingerprint density at radius 2 is 1.39 bits per heavy atom. The molecule has 1 unspecified atom stereocenters. The normalized spacial score (nSPS) is 16.7. The minimum atomic E-state index is -2.24. The summed E-state index contributed by atoms with van der Waals surface area (Å²) in [6.07, 6.45) is -1.02. The van der Waals surface area contributed by atoms with Crippen molar-refractivity contribution in [3.05, 3.63) is 35.9 Å². The van der Waals surface area contributed by atoms with Crippen molar-refractivity contribution >= 4 is 24.0 Å². The Bertz CT molecular complexity index is 715. The number of hydrogen-bond donors (Lipinski definition) is 0. The van der Waals surface area contributed by atoms with E-state index in [1.54, 1.807) is 37.3 Å². The summed E-state index contributed by atoms with van der Waals surface area (Å²) in [5.74, 6) is -3.05. The first-order valence-corrected chi connectivity index (χ1v) is 8.96. The predicted octanol–water partition coefficient (Wildman–Crippen LogP) is 1.44. The molecule has 9 heteroatoms. The van der Waals surface area contributed by atoms with Crippen molar-refractivity contribution in [2.24, 2.45) is 0 Å². The molecule has 1 saturated heterocycles. The highest BCUT2D eigenvalue weighted by Gasteiger charge is 2.82. The number of carbonyl (C=O) groups excluding carboxylic acids is 4. The Hall–Kier alpha value is -3.10. The Morgan fingerprint density at radius 1 is 0.857 bits per heavy atom. The van der Waals surface area contributed by atoms with Gasteiger partial charge in [-0.3, -0.25) is 4.90 Å². The van der Waals surface area contributed by atoms with Gasteiger partial charge in [-0.2, -0.15) is 0 Å². The molecule has 0 N–H and O–H groups in total. The van der Waals surface area contributed by atoms with Crippen LogP contribution in [0.25, 0.3) is 0 Å². The molecular formula is C19H23NO8. The Balaban J connectivity index is 2.30. The van der Waals surface area contributed by atoms with Crippen molar-refractivity contribution < 1.29 is 38.1 Å². The van der Waals surface area contributed by atoms with Gasteiger partial charge in [-0.1, -0.05) is 30.3 Å². The maximum Gasteiger partial charge on any atom is 0.412 e. The molecule has 1 aromatic rings. The molecule has 0 aromatic heterocycles. The standard InChI is InChI=1S/C19H23NO8/c1-4-25-15(21)14-19(16(22)26-5-2,17(23)27-6-3)20(14)18(24)28-12-13-10-8-7-9-11-13/h7-11,14H,4-6,12H2,1-3H3. The van der Waals surface area contributed by atoms with Crippen LogP contribution in [0, 0.1) is 0 Å². The van der Waals surface area contributed by atoms with Crippen LogP contribution in [-0.2, 0) is 39.9 Å². The van der Waals surface area contributed by atoms with Crippen LogP contribution < -0.4 is 0 Å². The van der Waals surface area contributed by atoms with Crippen LogP contribution in [0.4, 0.5) is 4.79 Å². The van der Waals surface area contributed by atoms with E-state index in [-0.39, 0.29) is 26.4 Å². The van der Waals surface area contributed by atoms with E-state index >= 15 is 0 Å². The summed E-state index contributed by atoms with van der Waals surface area (Å²) < 4.78 is 20.0. The van der Waals surface area contributed by atoms with Crippen LogP contribution in [0.15, 0.2) is 30.3 Å². The van der Waals surface area contributed by atoms with Crippen LogP contribution in [-0.4, -0.2) is 60.3 Å². The van der Waals surface area contributed by atoms with Crippen LogP contribution >= 0.6 is 0 Å². The molecule has 1 atom stereocenters. The lowest BCUT2D eigenvalue weighted by atomic mass is 10.1. The molecule has 1 heterocycles. The molecule has 1 fully saturated rings. The Labute approximate surface area is 162 Å². The van der Waals surface area contributed by atoms with E-state index in [0.717, 1.165) is 0 Å². The number of ether oxygens (including phenoxy) is 4. The second kappa shape index (κ2) is 9.20. The average molecular weight is 393 g/mol. The summed E-state index contributed by atoms with van der Waals surface area (Å²) in [5, 5.41) is 0. The summed E-state index contributed by atoms with van der Waals surface area (Å²) in [4.78, 5) is 50.8. The highest BCUT2D eigenvalue weighted by Crippen LogP contribution is 2.45. The van der Waals surface area contributed by atoms with Crippen molar-refractivity contribution in [3.63, 3.8) is 0 Å². The molecule has 9 nitrogen and oxygen atoms in total. The van der Waals surface area contributed by atoms with Gasteiger partial charge >= 0.3 is 24.0 Å². The van der Waals surface area contributed by atoms with Crippen LogP contribution in [0.3, 0.4) is 0 Å². The summed E-state index contributed by atoms with van der Waals surface area (Å²) in [6, 6.07) is 7.31. The lowest BCUT2D eigenvalue weighted by Gasteiger charge is -2.14. The maximum atomic E-state index is 12.6. The average Bonchev–Trinajstić information content (AvgIpc) is 3.39. The number of benzene rings is 1. The molecule has 0 saturated carbocycles. The molecule has 2 rings (SSSR count). The van der Waals surface area contributed by atoms with Crippen molar-refractivity contribution in [1.82, 2.24) is 4.90 Å². The van der Waals surface area contributed by atoms with E-state index in [0.29, 0.717) is 10.5 Å². The fourth-order valence-electron chi connectivity index (χ4n) is 2.81. The number of rotatable bonds is 8. The lowest BCUT2D eigenvalue weighted by molar-refractivity contribution is -0.162. The Morgan fingerprint density at radius 3 is 1.89 bits per heavy atom. The second-order valence-electron chi connectivity index (χ2n) is 5.77. The first-order valence-electron chi connectivity index (χ1n) is 8.96. The van der Waals surface area contributed by atoms with Crippen molar-refractivity contribution in [3.8, 4) is 0 Å². The molecule has 0 aliphatic carbocycles. The summed E-state index contributed by atoms with van der Waals surface area (Å²) in [6.45, 7) is 4.43. The van der Waals surface area contributed by atoms with Crippen LogP contribution in [0.2, 0.25) is 0 Å². The zero-order valence-corrected chi connectivity index (χ0v) is 16.0. The van der Waals surface area contributed by atoms with Gasteiger partial charge in [0.2, 0.25) is 0 Å². The topological polar surface area (TPSA) is 108 Å². The van der Waals surface area contributed by atoms with Gasteiger partial charge in [0.15, 0.2) is 6.04 Å². The van der Waals surface area contributed by atoms with Gasteiger partial charge in [-0.15, -0.1) is 0 Å². The molecule has 152 valence electrons. The fourth-order valence-corrected chi connectivity index (χ4v) is 2.81. The number of esters is 3. The lowest BCUT2D eigenvalue weighted by Crippen LogP contribution is -2.44. The van der Waals surface area contributed by atoms with Crippen LogP contribution in [0.5, 0.6) is 0 Å². The van der Waals surface area contributed by atoms with E-state index in [4.69, 9.17) is 18.9 Å². The maximum absolute atomic E-state index is 12.6. The third-order valence-corrected chi connectivity index (χ3v) is 4.05. The third-order valence-electron chi connectivity index (χ3n) is 4.05. The second-order valence-corrected chi connectivity index (χ2v) is 5.77. The number of carbonyl (C=O) groups is 4. The van der Waals surface area contributed by atoms with E-state index in [1.165, 1.54) is 13.8 Å². The summed E-state index contributed by atoms with van der Waals surface area (Å²) in [5.41, 5.74) is -1.55. The van der Waals surface area contributed by atoms with Gasteiger partial charge in [-0.05, 0) is 26.3 Å². The number of nitrogens with zero attached hydrogens (tertiary/aromatic N) is 1.